The molecule has 0 radical (unpaired) electrons. The number of anilines is 1. The first-order valence-electron chi connectivity index (χ1n) is 9.12. The lowest BCUT2D eigenvalue weighted by Gasteiger charge is -2.18. The molecule has 1 aromatic carbocycles. The van der Waals surface area contributed by atoms with Gasteiger partial charge < -0.3 is 10.6 Å². The van der Waals surface area contributed by atoms with Gasteiger partial charge in [-0.05, 0) is 58.8 Å². The standard InChI is InChI=1S/C19H20FN7O/c1-11(2)18-24-25-26-27(18)17-5-3-4-16(22-17)23-19(28)14-8-13-10-21-7-6-12(13)9-15(14)20/h3-5,8-9,11,21H,6-7,10H2,1-2H3,(H,22,23,28). The van der Waals surface area contributed by atoms with Gasteiger partial charge in [0.15, 0.2) is 11.6 Å². The van der Waals surface area contributed by atoms with Crippen molar-refractivity contribution in [3.8, 4) is 5.82 Å². The van der Waals surface area contributed by atoms with Crippen LogP contribution in [0.4, 0.5) is 10.2 Å². The molecule has 1 aliphatic rings. The van der Waals surface area contributed by atoms with Crippen LogP contribution in [-0.4, -0.2) is 37.6 Å². The summed E-state index contributed by atoms with van der Waals surface area (Å²) in [5, 5.41) is 17.5. The summed E-state index contributed by atoms with van der Waals surface area (Å²) in [6, 6.07) is 8.16. The van der Waals surface area contributed by atoms with Crippen molar-refractivity contribution in [3.63, 3.8) is 0 Å². The Morgan fingerprint density at radius 2 is 2.14 bits per heavy atom. The number of tetrazole rings is 1. The minimum absolute atomic E-state index is 0.0000509. The van der Waals surface area contributed by atoms with Crippen LogP contribution in [0.25, 0.3) is 5.82 Å². The van der Waals surface area contributed by atoms with Crippen LogP contribution in [0.2, 0.25) is 0 Å². The molecule has 1 aliphatic heterocycles. The van der Waals surface area contributed by atoms with Gasteiger partial charge in [-0.25, -0.2) is 9.37 Å². The van der Waals surface area contributed by atoms with Gasteiger partial charge in [0.2, 0.25) is 0 Å². The van der Waals surface area contributed by atoms with E-state index in [0.29, 0.717) is 24.0 Å². The number of rotatable bonds is 4. The number of halogens is 1. The van der Waals surface area contributed by atoms with Crippen LogP contribution in [0.1, 0.15) is 47.1 Å². The Labute approximate surface area is 161 Å². The molecule has 8 nitrogen and oxygen atoms in total. The summed E-state index contributed by atoms with van der Waals surface area (Å²) in [5.74, 6) is 0.454. The molecule has 9 heteroatoms. The molecule has 0 atom stereocenters. The average Bonchev–Trinajstić information content (AvgIpc) is 3.18. The number of fused-ring (bicyclic) bond motifs is 1. The number of hydrogen-bond donors (Lipinski definition) is 2. The number of pyridine rings is 1. The quantitative estimate of drug-likeness (QED) is 0.719. The minimum atomic E-state index is -0.545. The van der Waals surface area contributed by atoms with E-state index >= 15 is 0 Å². The number of hydrogen-bond acceptors (Lipinski definition) is 6. The van der Waals surface area contributed by atoms with Crippen molar-refractivity contribution in [2.75, 3.05) is 11.9 Å². The van der Waals surface area contributed by atoms with Gasteiger partial charge in [0.1, 0.15) is 11.6 Å². The van der Waals surface area contributed by atoms with E-state index < -0.39 is 11.7 Å². The van der Waals surface area contributed by atoms with Crippen LogP contribution in [0.15, 0.2) is 30.3 Å². The second-order valence-corrected chi connectivity index (χ2v) is 6.97. The first-order chi connectivity index (χ1) is 13.5. The second-order valence-electron chi connectivity index (χ2n) is 6.97. The van der Waals surface area contributed by atoms with Crippen molar-refractivity contribution < 1.29 is 9.18 Å². The largest absolute Gasteiger partial charge is 0.312 e. The zero-order chi connectivity index (χ0) is 19.7. The summed E-state index contributed by atoms with van der Waals surface area (Å²) in [6.07, 6.45) is 0.752. The van der Waals surface area contributed by atoms with Gasteiger partial charge in [-0.3, -0.25) is 4.79 Å². The Balaban J connectivity index is 1.60. The molecule has 0 unspecified atom stereocenters. The first-order valence-corrected chi connectivity index (χ1v) is 9.12. The van der Waals surface area contributed by atoms with Crippen LogP contribution in [0, 0.1) is 5.82 Å². The summed E-state index contributed by atoms with van der Waals surface area (Å²) >= 11 is 0. The Kier molecular flexibility index (Phi) is 4.82. The van der Waals surface area contributed by atoms with E-state index in [1.807, 2.05) is 13.8 Å². The van der Waals surface area contributed by atoms with Crippen LogP contribution in [-0.2, 0) is 13.0 Å². The normalized spacial score (nSPS) is 13.4. The fraction of sp³-hybridized carbons (Fsp3) is 0.316. The highest BCUT2D eigenvalue weighted by Gasteiger charge is 2.19. The van der Waals surface area contributed by atoms with E-state index in [1.54, 1.807) is 24.3 Å². The molecule has 3 aromatic rings. The summed E-state index contributed by atoms with van der Waals surface area (Å²) in [7, 11) is 0. The Morgan fingerprint density at radius 3 is 2.96 bits per heavy atom. The summed E-state index contributed by atoms with van der Waals surface area (Å²) < 4.78 is 16.0. The zero-order valence-corrected chi connectivity index (χ0v) is 15.6. The highest BCUT2D eigenvalue weighted by Crippen LogP contribution is 2.21. The highest BCUT2D eigenvalue weighted by molar-refractivity contribution is 6.04. The summed E-state index contributed by atoms with van der Waals surface area (Å²) in [5.41, 5.74) is 1.88. The van der Waals surface area contributed by atoms with E-state index in [2.05, 4.69) is 31.1 Å². The van der Waals surface area contributed by atoms with Crippen molar-refractivity contribution in [2.45, 2.75) is 32.7 Å². The van der Waals surface area contributed by atoms with Gasteiger partial charge in [0.25, 0.3) is 5.91 Å². The lowest BCUT2D eigenvalue weighted by molar-refractivity contribution is 0.102. The van der Waals surface area contributed by atoms with Gasteiger partial charge in [-0.1, -0.05) is 19.9 Å². The van der Waals surface area contributed by atoms with E-state index in [-0.39, 0.29) is 11.5 Å². The minimum Gasteiger partial charge on any atom is -0.312 e. The van der Waals surface area contributed by atoms with Crippen molar-refractivity contribution in [3.05, 3.63) is 58.7 Å². The number of nitrogens with zero attached hydrogens (tertiary/aromatic N) is 5. The van der Waals surface area contributed by atoms with Gasteiger partial charge in [0, 0.05) is 12.5 Å². The maximum atomic E-state index is 14.4. The number of carbonyl (C=O) groups is 1. The molecule has 0 saturated heterocycles. The predicted octanol–water partition coefficient (Wildman–Crippen LogP) is 2.22. The van der Waals surface area contributed by atoms with Crippen molar-refractivity contribution >= 4 is 11.7 Å². The number of aromatic nitrogens is 5. The van der Waals surface area contributed by atoms with Crippen LogP contribution in [0.5, 0.6) is 0 Å². The van der Waals surface area contributed by atoms with Crippen molar-refractivity contribution in [1.29, 1.82) is 0 Å². The van der Waals surface area contributed by atoms with E-state index in [9.17, 15) is 9.18 Å². The van der Waals surface area contributed by atoms with E-state index in [1.165, 1.54) is 10.7 Å². The first kappa shape index (κ1) is 18.2. The molecule has 0 fully saturated rings. The Morgan fingerprint density at radius 1 is 1.29 bits per heavy atom. The lowest BCUT2D eigenvalue weighted by Crippen LogP contribution is -2.25. The average molecular weight is 381 g/mol. The fourth-order valence-corrected chi connectivity index (χ4v) is 3.19. The van der Waals surface area contributed by atoms with Crippen LogP contribution < -0.4 is 10.6 Å². The molecule has 0 saturated carbocycles. The summed E-state index contributed by atoms with van der Waals surface area (Å²) in [4.78, 5) is 17.0. The Bertz CT molecular complexity index is 1030. The molecular weight excluding hydrogens is 361 g/mol. The summed E-state index contributed by atoms with van der Waals surface area (Å²) in [6.45, 7) is 5.38. The SMILES string of the molecule is CC(C)c1nnnn1-c1cccc(NC(=O)c2cc3c(cc2F)CCNC3)n1. The topological polar surface area (TPSA) is 97.6 Å². The molecule has 1 amide bonds. The number of carbonyl (C=O) groups excluding carboxylic acids is 1. The van der Waals surface area contributed by atoms with Crippen LogP contribution >= 0.6 is 0 Å². The second kappa shape index (κ2) is 7.43. The lowest BCUT2D eigenvalue weighted by atomic mass is 9.98. The van der Waals surface area contributed by atoms with Gasteiger partial charge in [-0.2, -0.15) is 4.68 Å². The maximum absolute atomic E-state index is 14.4. The van der Waals surface area contributed by atoms with Gasteiger partial charge in [-0.15, -0.1) is 5.10 Å². The van der Waals surface area contributed by atoms with Gasteiger partial charge >= 0.3 is 0 Å². The molecule has 0 aliphatic carbocycles. The molecule has 0 spiro atoms. The molecule has 0 bridgehead atoms. The molecule has 2 N–H and O–H groups in total. The molecule has 144 valence electrons. The Hall–Kier alpha value is -3.20. The molecule has 28 heavy (non-hydrogen) atoms. The number of amides is 1. The highest BCUT2D eigenvalue weighted by atomic mass is 19.1. The van der Waals surface area contributed by atoms with E-state index in [4.69, 9.17) is 0 Å². The third-order valence-electron chi connectivity index (χ3n) is 4.62. The smallest absolute Gasteiger partial charge is 0.259 e. The van der Waals surface area contributed by atoms with Gasteiger partial charge in [0.05, 0.1) is 5.56 Å². The fourth-order valence-electron chi connectivity index (χ4n) is 3.19. The zero-order valence-electron chi connectivity index (χ0n) is 15.6. The number of benzene rings is 1. The maximum Gasteiger partial charge on any atom is 0.259 e. The monoisotopic (exact) mass is 381 g/mol. The van der Waals surface area contributed by atoms with Crippen LogP contribution in [0.3, 0.4) is 0 Å². The molecule has 4 rings (SSSR count). The number of nitrogens with one attached hydrogen (secondary N) is 2. The predicted molar refractivity (Wildman–Crippen MR) is 101 cm³/mol. The molecule has 2 aromatic heterocycles. The molecular formula is C19H20FN7O. The van der Waals surface area contributed by atoms with E-state index in [0.717, 1.165) is 24.1 Å². The third-order valence-corrected chi connectivity index (χ3v) is 4.62. The third kappa shape index (κ3) is 3.48. The van der Waals surface area contributed by atoms with Crippen molar-refractivity contribution in [2.24, 2.45) is 0 Å². The molecule has 3 heterocycles. The van der Waals surface area contributed by atoms with Crippen molar-refractivity contribution in [1.82, 2.24) is 30.5 Å².